The molecule has 0 radical (unpaired) electrons. The standard InChI is InChI=1S/C11H23N3O2/c1-5-8(4)6-13-11(15)9(7(2)3)10(12)14-16/h7-9,16H,5-6H2,1-4H3,(H2,12,14)(H,13,15). The van der Waals surface area contributed by atoms with E-state index in [0.717, 1.165) is 6.42 Å². The normalized spacial score (nSPS) is 15.9. The molecule has 0 fully saturated rings. The Morgan fingerprint density at radius 3 is 2.38 bits per heavy atom. The highest BCUT2D eigenvalue weighted by Gasteiger charge is 2.26. The number of carbonyl (C=O) groups excluding carboxylic acids is 1. The number of carbonyl (C=O) groups is 1. The van der Waals surface area contributed by atoms with E-state index < -0.39 is 5.92 Å². The number of nitrogens with zero attached hydrogens (tertiary/aromatic N) is 1. The fourth-order valence-electron chi connectivity index (χ4n) is 1.37. The van der Waals surface area contributed by atoms with E-state index in [9.17, 15) is 4.79 Å². The lowest BCUT2D eigenvalue weighted by Crippen LogP contribution is -2.43. The van der Waals surface area contributed by atoms with Crippen LogP contribution in [0, 0.1) is 17.8 Å². The summed E-state index contributed by atoms with van der Waals surface area (Å²) in [4.78, 5) is 11.8. The van der Waals surface area contributed by atoms with Gasteiger partial charge in [-0.3, -0.25) is 4.79 Å². The number of rotatable bonds is 6. The van der Waals surface area contributed by atoms with Crippen LogP contribution in [0.25, 0.3) is 0 Å². The molecule has 0 aromatic heterocycles. The monoisotopic (exact) mass is 229 g/mol. The first-order valence-corrected chi connectivity index (χ1v) is 5.69. The van der Waals surface area contributed by atoms with E-state index in [0.29, 0.717) is 12.5 Å². The van der Waals surface area contributed by atoms with Crippen LogP contribution in [0.3, 0.4) is 0 Å². The van der Waals surface area contributed by atoms with E-state index in [1.165, 1.54) is 0 Å². The number of oxime groups is 1. The van der Waals surface area contributed by atoms with Gasteiger partial charge in [-0.1, -0.05) is 39.3 Å². The maximum Gasteiger partial charge on any atom is 0.231 e. The van der Waals surface area contributed by atoms with E-state index in [1.54, 1.807) is 0 Å². The molecule has 1 amide bonds. The molecular formula is C11H23N3O2. The summed E-state index contributed by atoms with van der Waals surface area (Å²) in [5, 5.41) is 14.3. The van der Waals surface area contributed by atoms with E-state index in [2.05, 4.69) is 24.3 Å². The fourth-order valence-corrected chi connectivity index (χ4v) is 1.37. The summed E-state index contributed by atoms with van der Waals surface area (Å²) in [6.45, 7) is 8.49. The first-order valence-electron chi connectivity index (χ1n) is 5.69. The van der Waals surface area contributed by atoms with E-state index >= 15 is 0 Å². The second-order valence-corrected chi connectivity index (χ2v) is 4.51. The Morgan fingerprint density at radius 1 is 1.44 bits per heavy atom. The third-order valence-electron chi connectivity index (χ3n) is 2.70. The van der Waals surface area contributed by atoms with E-state index in [-0.39, 0.29) is 17.7 Å². The number of amidine groups is 1. The molecule has 0 aliphatic carbocycles. The van der Waals surface area contributed by atoms with Crippen LogP contribution in [0.1, 0.15) is 34.1 Å². The Labute approximate surface area is 97.1 Å². The van der Waals surface area contributed by atoms with Gasteiger partial charge in [-0.15, -0.1) is 0 Å². The molecule has 5 heteroatoms. The lowest BCUT2D eigenvalue weighted by atomic mass is 9.93. The molecule has 0 saturated carbocycles. The average Bonchev–Trinajstić information content (AvgIpc) is 2.25. The van der Waals surface area contributed by atoms with Crippen molar-refractivity contribution in [1.82, 2.24) is 5.32 Å². The van der Waals surface area contributed by atoms with Gasteiger partial charge in [0.1, 0.15) is 5.92 Å². The van der Waals surface area contributed by atoms with Gasteiger partial charge >= 0.3 is 0 Å². The molecule has 0 aliphatic rings. The van der Waals surface area contributed by atoms with Gasteiger partial charge < -0.3 is 16.3 Å². The minimum atomic E-state index is -0.561. The van der Waals surface area contributed by atoms with Gasteiger partial charge in [0.25, 0.3) is 0 Å². The summed E-state index contributed by atoms with van der Waals surface area (Å²) in [7, 11) is 0. The van der Waals surface area contributed by atoms with Crippen LogP contribution in [0.4, 0.5) is 0 Å². The van der Waals surface area contributed by atoms with Gasteiger partial charge in [-0.2, -0.15) is 0 Å². The van der Waals surface area contributed by atoms with Crippen LogP contribution in [0.2, 0.25) is 0 Å². The van der Waals surface area contributed by atoms with Crippen molar-refractivity contribution in [1.29, 1.82) is 0 Å². The lowest BCUT2D eigenvalue weighted by molar-refractivity contribution is -0.124. The van der Waals surface area contributed by atoms with Gasteiger partial charge in [0.05, 0.1) is 0 Å². The predicted octanol–water partition coefficient (Wildman–Crippen LogP) is 1.17. The highest BCUT2D eigenvalue weighted by atomic mass is 16.4. The average molecular weight is 229 g/mol. The van der Waals surface area contributed by atoms with Crippen molar-refractivity contribution in [2.75, 3.05) is 6.54 Å². The summed E-state index contributed by atoms with van der Waals surface area (Å²) in [5.41, 5.74) is 5.50. The third kappa shape index (κ3) is 4.51. The van der Waals surface area contributed by atoms with Crippen molar-refractivity contribution in [2.24, 2.45) is 28.6 Å². The summed E-state index contributed by atoms with van der Waals surface area (Å²) in [6.07, 6.45) is 1.01. The van der Waals surface area contributed by atoms with Gasteiger partial charge in [0.15, 0.2) is 5.84 Å². The second-order valence-electron chi connectivity index (χ2n) is 4.51. The molecule has 2 unspecified atom stereocenters. The molecule has 94 valence electrons. The van der Waals surface area contributed by atoms with Crippen molar-refractivity contribution in [2.45, 2.75) is 34.1 Å². The first kappa shape index (κ1) is 14.7. The van der Waals surface area contributed by atoms with Crippen LogP contribution in [0.5, 0.6) is 0 Å². The van der Waals surface area contributed by atoms with Gasteiger partial charge in [0, 0.05) is 6.54 Å². The first-order chi connectivity index (χ1) is 7.43. The molecule has 0 saturated heterocycles. The Hall–Kier alpha value is -1.26. The van der Waals surface area contributed by atoms with Crippen LogP contribution >= 0.6 is 0 Å². The molecule has 16 heavy (non-hydrogen) atoms. The van der Waals surface area contributed by atoms with Crippen molar-refractivity contribution in [3.05, 3.63) is 0 Å². The van der Waals surface area contributed by atoms with Crippen LogP contribution in [-0.2, 0) is 4.79 Å². The largest absolute Gasteiger partial charge is 0.409 e. The van der Waals surface area contributed by atoms with E-state index in [1.807, 2.05) is 13.8 Å². The topological polar surface area (TPSA) is 87.7 Å². The number of nitrogens with two attached hydrogens (primary N) is 1. The summed E-state index contributed by atoms with van der Waals surface area (Å²) >= 11 is 0. The Balaban J connectivity index is 4.41. The number of hydrogen-bond donors (Lipinski definition) is 3. The molecule has 0 aliphatic heterocycles. The molecule has 4 N–H and O–H groups in total. The zero-order chi connectivity index (χ0) is 12.7. The number of hydrogen-bond acceptors (Lipinski definition) is 3. The SMILES string of the molecule is CCC(C)CNC(=O)C(C(N)=NO)C(C)C. The maximum absolute atomic E-state index is 11.8. The molecular weight excluding hydrogens is 206 g/mol. The van der Waals surface area contributed by atoms with Crippen LogP contribution in [0.15, 0.2) is 5.16 Å². The Bertz CT molecular complexity index is 252. The maximum atomic E-state index is 11.8. The van der Waals surface area contributed by atoms with Crippen LogP contribution in [-0.4, -0.2) is 23.5 Å². The van der Waals surface area contributed by atoms with Crippen molar-refractivity contribution < 1.29 is 10.0 Å². The minimum Gasteiger partial charge on any atom is -0.409 e. The Morgan fingerprint density at radius 2 is 2.00 bits per heavy atom. The summed E-state index contributed by atoms with van der Waals surface area (Å²) in [6, 6.07) is 0. The smallest absolute Gasteiger partial charge is 0.231 e. The third-order valence-corrected chi connectivity index (χ3v) is 2.70. The number of amides is 1. The molecule has 0 bridgehead atoms. The summed E-state index contributed by atoms with van der Waals surface area (Å²) < 4.78 is 0. The molecule has 0 aromatic carbocycles. The Kier molecular flexibility index (Phi) is 6.53. The quantitative estimate of drug-likeness (QED) is 0.276. The molecule has 0 rings (SSSR count). The molecule has 5 nitrogen and oxygen atoms in total. The number of nitrogens with one attached hydrogen (secondary N) is 1. The molecule has 0 aromatic rings. The second kappa shape index (κ2) is 7.09. The van der Waals surface area contributed by atoms with Crippen molar-refractivity contribution >= 4 is 11.7 Å². The zero-order valence-corrected chi connectivity index (χ0v) is 10.5. The molecule has 2 atom stereocenters. The molecule has 0 spiro atoms. The highest BCUT2D eigenvalue weighted by molar-refractivity contribution is 6.02. The van der Waals surface area contributed by atoms with E-state index in [4.69, 9.17) is 10.9 Å². The molecule has 0 heterocycles. The minimum absolute atomic E-state index is 0.00725. The highest BCUT2D eigenvalue weighted by Crippen LogP contribution is 2.11. The van der Waals surface area contributed by atoms with Gasteiger partial charge in [-0.25, -0.2) is 0 Å². The van der Waals surface area contributed by atoms with Crippen molar-refractivity contribution in [3.63, 3.8) is 0 Å². The van der Waals surface area contributed by atoms with Gasteiger partial charge in [-0.05, 0) is 11.8 Å². The lowest BCUT2D eigenvalue weighted by Gasteiger charge is -2.19. The zero-order valence-electron chi connectivity index (χ0n) is 10.5. The predicted molar refractivity (Wildman–Crippen MR) is 64.2 cm³/mol. The van der Waals surface area contributed by atoms with Gasteiger partial charge in [0.2, 0.25) is 5.91 Å². The van der Waals surface area contributed by atoms with Crippen molar-refractivity contribution in [3.8, 4) is 0 Å². The fraction of sp³-hybridized carbons (Fsp3) is 0.818. The summed E-state index contributed by atoms with van der Waals surface area (Å²) in [5.74, 6) is -0.326. The van der Waals surface area contributed by atoms with Crippen LogP contribution < -0.4 is 11.1 Å².